The largest absolute Gasteiger partial charge is 0.490 e. The number of rotatable bonds is 5. The fourth-order valence-electron chi connectivity index (χ4n) is 4.35. The molecule has 0 amide bonds. The Balaban J connectivity index is 0.000000301. The van der Waals surface area contributed by atoms with Crippen LogP contribution in [0.15, 0.2) is 35.2 Å². The summed E-state index contributed by atoms with van der Waals surface area (Å²) in [5.74, 6) is -3.91. The smallest absolute Gasteiger partial charge is 0.475 e. The van der Waals surface area contributed by atoms with Crippen LogP contribution in [0.5, 0.6) is 0 Å². The Kier molecular flexibility index (Phi) is 10.7. The van der Waals surface area contributed by atoms with Crippen LogP contribution in [0.2, 0.25) is 0 Å². The van der Waals surface area contributed by atoms with Crippen molar-refractivity contribution < 1.29 is 55.3 Å². The first kappa shape index (κ1) is 31.1. The van der Waals surface area contributed by atoms with Crippen LogP contribution in [0, 0.1) is 5.92 Å². The summed E-state index contributed by atoms with van der Waals surface area (Å²) in [6.45, 7) is 5.10. The summed E-state index contributed by atoms with van der Waals surface area (Å²) in [7, 11) is 3.83. The van der Waals surface area contributed by atoms with Gasteiger partial charge in [0.25, 0.3) is 0 Å². The molecule has 16 heteroatoms. The summed E-state index contributed by atoms with van der Waals surface area (Å²) < 4.78 is 76.7. The molecule has 4 rings (SSSR count). The van der Waals surface area contributed by atoms with Crippen molar-refractivity contribution in [2.24, 2.45) is 13.0 Å². The number of aryl methyl sites for hydroxylation is 1. The predicted molar refractivity (Wildman–Crippen MR) is 118 cm³/mol. The normalized spacial score (nSPS) is 22.1. The summed E-state index contributed by atoms with van der Waals surface area (Å²) in [5, 5.41) is 18.6. The molecule has 4 heterocycles. The quantitative estimate of drug-likeness (QED) is 0.534. The van der Waals surface area contributed by atoms with Gasteiger partial charge in [0, 0.05) is 64.1 Å². The van der Waals surface area contributed by atoms with Crippen molar-refractivity contribution in [2.45, 2.75) is 44.0 Å². The topological polar surface area (TPSA) is 121 Å². The SMILES string of the molecule is CO[C@H]1CCN(Cc2cnn(C)c2)[C@@H]2CN(Cc3ccco3)C[C@H]12.O=C(O)C(F)(F)F.O=C(O)C(F)(F)F. The van der Waals surface area contributed by atoms with Crippen LogP contribution in [0.25, 0.3) is 0 Å². The average Bonchev–Trinajstić information content (AvgIpc) is 3.55. The van der Waals surface area contributed by atoms with E-state index in [9.17, 15) is 26.3 Å². The van der Waals surface area contributed by atoms with Crippen LogP contribution in [0.4, 0.5) is 26.3 Å². The van der Waals surface area contributed by atoms with E-state index in [0.717, 1.165) is 44.9 Å². The van der Waals surface area contributed by atoms with Gasteiger partial charge in [-0.25, -0.2) is 9.59 Å². The number of piperidine rings is 1. The third-order valence-corrected chi connectivity index (χ3v) is 5.95. The van der Waals surface area contributed by atoms with Gasteiger partial charge in [-0.05, 0) is 18.6 Å². The molecule has 2 fully saturated rings. The fraction of sp³-hybridized carbons (Fsp3) is 0.591. The molecule has 0 unspecified atom stereocenters. The van der Waals surface area contributed by atoms with Gasteiger partial charge in [-0.1, -0.05) is 0 Å². The van der Waals surface area contributed by atoms with Crippen molar-refractivity contribution in [2.75, 3.05) is 26.7 Å². The number of hydrogen-bond donors (Lipinski definition) is 2. The Morgan fingerprint density at radius 1 is 1.11 bits per heavy atom. The van der Waals surface area contributed by atoms with Crippen LogP contribution in [0.3, 0.4) is 0 Å². The molecule has 214 valence electrons. The number of likely N-dealkylation sites (tertiary alicyclic amines) is 2. The van der Waals surface area contributed by atoms with Crippen molar-refractivity contribution >= 4 is 11.9 Å². The zero-order chi connectivity index (χ0) is 28.7. The number of nitrogens with zero attached hydrogens (tertiary/aromatic N) is 4. The van der Waals surface area contributed by atoms with Gasteiger partial charge in [0.1, 0.15) is 5.76 Å². The molecule has 3 atom stereocenters. The molecule has 0 saturated carbocycles. The molecular formula is C22H28F6N4O6. The maximum atomic E-state index is 10.6. The second-order valence-corrected chi connectivity index (χ2v) is 8.67. The lowest BCUT2D eigenvalue weighted by Gasteiger charge is -2.41. The van der Waals surface area contributed by atoms with E-state index in [1.165, 1.54) is 5.56 Å². The molecule has 0 spiro atoms. The molecule has 0 bridgehead atoms. The number of carboxylic acids is 2. The van der Waals surface area contributed by atoms with Gasteiger partial charge < -0.3 is 19.4 Å². The zero-order valence-corrected chi connectivity index (χ0v) is 20.4. The molecule has 2 aliphatic heterocycles. The summed E-state index contributed by atoms with van der Waals surface area (Å²) in [6, 6.07) is 4.56. The average molecular weight is 558 g/mol. The summed E-state index contributed by atoms with van der Waals surface area (Å²) in [4.78, 5) is 22.9. The number of alkyl halides is 6. The first-order valence-corrected chi connectivity index (χ1v) is 11.2. The van der Waals surface area contributed by atoms with Crippen molar-refractivity contribution in [3.05, 3.63) is 42.1 Å². The first-order chi connectivity index (χ1) is 17.6. The Hall–Kier alpha value is -3.11. The number of carbonyl (C=O) groups is 2. The highest BCUT2D eigenvalue weighted by molar-refractivity contribution is 5.73. The van der Waals surface area contributed by atoms with E-state index in [0.29, 0.717) is 18.1 Å². The molecule has 2 saturated heterocycles. The number of carboxylic acid groups (broad SMARTS) is 2. The Labute approximate surface area is 213 Å². The molecule has 2 aromatic heterocycles. The summed E-state index contributed by atoms with van der Waals surface area (Å²) >= 11 is 0. The molecule has 2 N–H and O–H groups in total. The van der Waals surface area contributed by atoms with E-state index >= 15 is 0 Å². The van der Waals surface area contributed by atoms with E-state index in [2.05, 4.69) is 27.2 Å². The van der Waals surface area contributed by atoms with Gasteiger partial charge in [0.2, 0.25) is 0 Å². The van der Waals surface area contributed by atoms with Crippen LogP contribution >= 0.6 is 0 Å². The molecule has 38 heavy (non-hydrogen) atoms. The number of aromatic nitrogens is 2. The maximum Gasteiger partial charge on any atom is 0.490 e. The van der Waals surface area contributed by atoms with Crippen molar-refractivity contribution in [3.8, 4) is 0 Å². The predicted octanol–water partition coefficient (Wildman–Crippen LogP) is 3.00. The second-order valence-electron chi connectivity index (χ2n) is 8.67. The molecule has 0 aliphatic carbocycles. The number of hydrogen-bond acceptors (Lipinski definition) is 7. The van der Waals surface area contributed by atoms with Crippen LogP contribution in [-0.2, 0) is 34.5 Å². The molecular weight excluding hydrogens is 530 g/mol. The molecule has 0 aromatic carbocycles. The van der Waals surface area contributed by atoms with Gasteiger partial charge in [0.05, 0.1) is 25.1 Å². The number of furan rings is 1. The van der Waals surface area contributed by atoms with Crippen LogP contribution in [0.1, 0.15) is 17.7 Å². The van der Waals surface area contributed by atoms with E-state index < -0.39 is 24.3 Å². The third-order valence-electron chi connectivity index (χ3n) is 5.95. The lowest BCUT2D eigenvalue weighted by molar-refractivity contribution is -0.193. The van der Waals surface area contributed by atoms with Gasteiger partial charge in [-0.3, -0.25) is 14.5 Å². The lowest BCUT2D eigenvalue weighted by atomic mass is 9.89. The van der Waals surface area contributed by atoms with Gasteiger partial charge in [-0.15, -0.1) is 0 Å². The Morgan fingerprint density at radius 3 is 2.16 bits per heavy atom. The van der Waals surface area contributed by atoms with E-state index in [1.54, 1.807) is 6.26 Å². The maximum absolute atomic E-state index is 10.6. The third kappa shape index (κ3) is 9.33. The molecule has 10 nitrogen and oxygen atoms in total. The van der Waals surface area contributed by atoms with E-state index in [-0.39, 0.29) is 0 Å². The highest BCUT2D eigenvalue weighted by Crippen LogP contribution is 2.34. The summed E-state index contributed by atoms with van der Waals surface area (Å²) in [5.41, 5.74) is 1.29. The minimum absolute atomic E-state index is 0.363. The van der Waals surface area contributed by atoms with E-state index in [1.807, 2.05) is 31.1 Å². The molecule has 2 aromatic rings. The number of methoxy groups -OCH3 is 1. The number of ether oxygens (including phenoxy) is 1. The van der Waals surface area contributed by atoms with Crippen molar-refractivity contribution in [1.29, 1.82) is 0 Å². The van der Waals surface area contributed by atoms with Crippen molar-refractivity contribution in [1.82, 2.24) is 19.6 Å². The Morgan fingerprint density at radius 2 is 1.71 bits per heavy atom. The van der Waals surface area contributed by atoms with Crippen LogP contribution < -0.4 is 0 Å². The Bertz CT molecular complexity index is 1000. The highest BCUT2D eigenvalue weighted by atomic mass is 19.4. The zero-order valence-electron chi connectivity index (χ0n) is 20.4. The van der Waals surface area contributed by atoms with Gasteiger partial charge in [0.15, 0.2) is 0 Å². The minimum Gasteiger partial charge on any atom is -0.475 e. The standard InChI is InChI=1S/C18H26N4O2.2C2HF3O2/c1-20-9-14(8-19-20)10-22-6-5-18(23-2)16-12-21(13-17(16)22)11-15-4-3-7-24-15;2*3-2(4,5)1(6)7/h3-4,7-9,16-18H,5-6,10-13H2,1-2H3;2*(H,6,7)/t16-,17+,18-;;/m0../s1. The highest BCUT2D eigenvalue weighted by Gasteiger charge is 2.44. The van der Waals surface area contributed by atoms with Gasteiger partial charge in [-0.2, -0.15) is 31.4 Å². The number of halogens is 6. The number of fused-ring (bicyclic) bond motifs is 1. The minimum atomic E-state index is -5.08. The number of aliphatic carboxylic acids is 2. The fourth-order valence-corrected chi connectivity index (χ4v) is 4.35. The summed E-state index contributed by atoms with van der Waals surface area (Å²) in [6.07, 6.45) is -2.85. The lowest BCUT2D eigenvalue weighted by Crippen LogP contribution is -2.50. The van der Waals surface area contributed by atoms with E-state index in [4.69, 9.17) is 29.0 Å². The first-order valence-electron chi connectivity index (χ1n) is 11.2. The van der Waals surface area contributed by atoms with Crippen molar-refractivity contribution in [3.63, 3.8) is 0 Å². The molecule has 2 aliphatic rings. The second kappa shape index (κ2) is 13.1. The monoisotopic (exact) mass is 558 g/mol. The van der Waals surface area contributed by atoms with Gasteiger partial charge >= 0.3 is 24.3 Å². The molecule has 0 radical (unpaired) electrons. The van der Waals surface area contributed by atoms with Crippen LogP contribution in [-0.4, -0.2) is 93.0 Å².